The Morgan fingerprint density at radius 2 is 1.88 bits per heavy atom. The van der Waals surface area contributed by atoms with Gasteiger partial charge in [-0.15, -0.1) is 0 Å². The van der Waals surface area contributed by atoms with Gasteiger partial charge in [-0.25, -0.2) is 10.2 Å². The van der Waals surface area contributed by atoms with Gasteiger partial charge in [-0.3, -0.25) is 0 Å². The molecule has 0 heterocycles. The van der Waals surface area contributed by atoms with Crippen molar-refractivity contribution in [3.05, 3.63) is 63.6 Å². The molecular weight excluding hydrogens is 375 g/mol. The Labute approximate surface area is 162 Å². The second-order valence-corrected chi connectivity index (χ2v) is 7.35. The lowest BCUT2D eigenvalue weighted by Gasteiger charge is -2.18. The molecule has 2 aromatic rings. The molecule has 0 saturated heterocycles. The summed E-state index contributed by atoms with van der Waals surface area (Å²) in [5, 5.41) is 5.06. The third kappa shape index (κ3) is 6.94. The monoisotopic (exact) mass is 394 g/mol. The molecule has 1 N–H and O–H groups in total. The first kappa shape index (κ1) is 20.1. The van der Waals surface area contributed by atoms with Gasteiger partial charge < -0.3 is 9.47 Å². The summed E-state index contributed by atoms with van der Waals surface area (Å²) in [4.78, 5) is 11.6. The predicted octanol–water partition coefficient (Wildman–Crippen LogP) is 5.43. The summed E-state index contributed by atoms with van der Waals surface area (Å²) in [6.07, 6.45) is 0.806. The van der Waals surface area contributed by atoms with Crippen LogP contribution in [0.2, 0.25) is 10.0 Å². The first-order valence-electron chi connectivity index (χ1n) is 7.92. The van der Waals surface area contributed by atoms with Gasteiger partial charge in [0.15, 0.2) is 0 Å². The zero-order chi connectivity index (χ0) is 19.2. The molecule has 0 aliphatic carbocycles. The number of benzene rings is 2. The van der Waals surface area contributed by atoms with Crippen molar-refractivity contribution in [2.24, 2.45) is 5.10 Å². The van der Waals surface area contributed by atoms with Gasteiger partial charge in [0, 0.05) is 15.6 Å². The Morgan fingerprint density at radius 3 is 2.58 bits per heavy atom. The lowest BCUT2D eigenvalue weighted by molar-refractivity contribution is 0.0529. The molecule has 0 unspecified atom stereocenters. The van der Waals surface area contributed by atoms with Crippen LogP contribution in [0.4, 0.5) is 4.79 Å². The summed E-state index contributed by atoms with van der Waals surface area (Å²) in [5.74, 6) is 0.573. The van der Waals surface area contributed by atoms with Gasteiger partial charge in [0.2, 0.25) is 0 Å². The highest BCUT2D eigenvalue weighted by atomic mass is 35.5. The van der Waals surface area contributed by atoms with Crippen LogP contribution in [0.25, 0.3) is 0 Å². The number of carbonyl (C=O) groups is 1. The third-order valence-corrected chi connectivity index (χ3v) is 3.48. The van der Waals surface area contributed by atoms with E-state index in [1.807, 2.05) is 18.2 Å². The fourth-order valence-corrected chi connectivity index (χ4v) is 2.39. The lowest BCUT2D eigenvalue weighted by atomic mass is 10.2. The summed E-state index contributed by atoms with van der Waals surface area (Å²) in [5.41, 5.74) is 3.27. The average molecular weight is 395 g/mol. The molecule has 0 bridgehead atoms. The Hall–Kier alpha value is -2.24. The van der Waals surface area contributed by atoms with Crippen molar-refractivity contribution in [3.63, 3.8) is 0 Å². The van der Waals surface area contributed by atoms with E-state index in [-0.39, 0.29) is 0 Å². The maximum atomic E-state index is 11.6. The molecule has 0 aliphatic rings. The second kappa shape index (κ2) is 8.92. The molecule has 0 fully saturated rings. The maximum Gasteiger partial charge on any atom is 0.428 e. The number of amides is 1. The normalized spacial score (nSPS) is 11.4. The van der Waals surface area contributed by atoms with Crippen molar-refractivity contribution < 1.29 is 14.3 Å². The van der Waals surface area contributed by atoms with Crippen molar-refractivity contribution >= 4 is 35.5 Å². The molecule has 1 amide bonds. The minimum absolute atomic E-state index is 0.336. The Bertz CT molecular complexity index is 802. The number of carbonyl (C=O) groups excluding carboxylic acids is 1. The van der Waals surface area contributed by atoms with Crippen LogP contribution in [0, 0.1) is 0 Å². The molecule has 0 saturated carbocycles. The molecule has 0 aromatic heterocycles. The summed E-state index contributed by atoms with van der Waals surface area (Å²) in [7, 11) is 0. The first-order valence-corrected chi connectivity index (χ1v) is 8.67. The van der Waals surface area contributed by atoms with E-state index in [1.54, 1.807) is 45.0 Å². The number of rotatable bonds is 5. The Morgan fingerprint density at radius 1 is 1.15 bits per heavy atom. The highest BCUT2D eigenvalue weighted by molar-refractivity contribution is 6.31. The van der Waals surface area contributed by atoms with Gasteiger partial charge in [0.25, 0.3) is 0 Å². The van der Waals surface area contributed by atoms with E-state index in [2.05, 4.69) is 10.5 Å². The van der Waals surface area contributed by atoms with Crippen LogP contribution in [-0.2, 0) is 11.3 Å². The van der Waals surface area contributed by atoms with E-state index >= 15 is 0 Å². The van der Waals surface area contributed by atoms with E-state index < -0.39 is 11.7 Å². The fourth-order valence-electron chi connectivity index (χ4n) is 1.99. The molecule has 0 spiro atoms. The molecule has 2 aromatic carbocycles. The number of ether oxygens (including phenoxy) is 2. The number of nitrogens with one attached hydrogen (secondary N) is 1. The topological polar surface area (TPSA) is 59.9 Å². The number of nitrogens with zero attached hydrogens (tertiary/aromatic N) is 1. The third-order valence-electron chi connectivity index (χ3n) is 3.01. The van der Waals surface area contributed by atoms with Crippen LogP contribution < -0.4 is 10.2 Å². The molecule has 26 heavy (non-hydrogen) atoms. The summed E-state index contributed by atoms with van der Waals surface area (Å²) in [6.45, 7) is 5.65. The van der Waals surface area contributed by atoms with E-state index in [0.717, 1.165) is 5.56 Å². The molecule has 5 nitrogen and oxygen atoms in total. The van der Waals surface area contributed by atoms with Gasteiger partial charge >= 0.3 is 6.09 Å². The Balaban J connectivity index is 2.04. The second-order valence-electron chi connectivity index (χ2n) is 6.47. The minimum atomic E-state index is -0.642. The van der Waals surface area contributed by atoms with Crippen molar-refractivity contribution in [1.82, 2.24) is 5.43 Å². The van der Waals surface area contributed by atoms with Crippen LogP contribution in [-0.4, -0.2) is 17.9 Å². The highest BCUT2D eigenvalue weighted by Crippen LogP contribution is 2.23. The summed E-state index contributed by atoms with van der Waals surface area (Å²) >= 11 is 12.0. The molecular formula is C19H20Cl2N2O3. The summed E-state index contributed by atoms with van der Waals surface area (Å²) in [6, 6.07) is 12.5. The van der Waals surface area contributed by atoms with E-state index in [4.69, 9.17) is 32.7 Å². The van der Waals surface area contributed by atoms with Crippen LogP contribution in [0.1, 0.15) is 31.9 Å². The van der Waals surface area contributed by atoms with Gasteiger partial charge in [0.05, 0.1) is 6.21 Å². The van der Waals surface area contributed by atoms with Crippen LogP contribution >= 0.6 is 23.2 Å². The van der Waals surface area contributed by atoms with Gasteiger partial charge in [-0.1, -0.05) is 35.3 Å². The average Bonchev–Trinajstić information content (AvgIpc) is 2.52. The van der Waals surface area contributed by atoms with Crippen LogP contribution in [0.15, 0.2) is 47.6 Å². The maximum absolute atomic E-state index is 11.6. The van der Waals surface area contributed by atoms with Crippen molar-refractivity contribution in [1.29, 1.82) is 0 Å². The molecule has 0 atom stereocenters. The lowest BCUT2D eigenvalue weighted by Crippen LogP contribution is -2.29. The molecule has 0 radical (unpaired) electrons. The van der Waals surface area contributed by atoms with E-state index in [1.165, 1.54) is 6.21 Å². The number of halogens is 2. The number of hydrogen-bond donors (Lipinski definition) is 1. The zero-order valence-electron chi connectivity index (χ0n) is 14.8. The minimum Gasteiger partial charge on any atom is -0.488 e. The molecule has 0 aliphatic heterocycles. The zero-order valence-corrected chi connectivity index (χ0v) is 16.3. The fraction of sp³-hybridized carbons (Fsp3) is 0.263. The predicted molar refractivity (Wildman–Crippen MR) is 104 cm³/mol. The van der Waals surface area contributed by atoms with Gasteiger partial charge in [0.1, 0.15) is 18.0 Å². The molecule has 2 rings (SSSR count). The van der Waals surface area contributed by atoms with Gasteiger partial charge in [-0.2, -0.15) is 5.10 Å². The van der Waals surface area contributed by atoms with E-state index in [9.17, 15) is 4.79 Å². The van der Waals surface area contributed by atoms with E-state index in [0.29, 0.717) is 28.0 Å². The van der Waals surface area contributed by atoms with Crippen molar-refractivity contribution in [3.8, 4) is 5.75 Å². The Kier molecular flexibility index (Phi) is 6.89. The molecule has 7 heteroatoms. The SMILES string of the molecule is CC(C)(C)OC(=O)N/N=C\c1cc(Cl)ccc1OCc1cccc(Cl)c1. The van der Waals surface area contributed by atoms with Crippen LogP contribution in [0.5, 0.6) is 5.75 Å². The quantitative estimate of drug-likeness (QED) is 0.542. The highest BCUT2D eigenvalue weighted by Gasteiger charge is 2.15. The standard InChI is InChI=1S/C19H20Cl2N2O3/c1-19(2,3)26-18(24)23-22-11-14-10-16(21)7-8-17(14)25-12-13-5-4-6-15(20)9-13/h4-11H,12H2,1-3H3,(H,23,24)/b22-11-. The van der Waals surface area contributed by atoms with Gasteiger partial charge in [-0.05, 0) is 56.7 Å². The first-order chi connectivity index (χ1) is 12.2. The largest absolute Gasteiger partial charge is 0.488 e. The molecule has 138 valence electrons. The smallest absolute Gasteiger partial charge is 0.428 e. The number of hydrazone groups is 1. The van der Waals surface area contributed by atoms with Crippen molar-refractivity contribution in [2.45, 2.75) is 33.0 Å². The van der Waals surface area contributed by atoms with Crippen LogP contribution in [0.3, 0.4) is 0 Å². The van der Waals surface area contributed by atoms with Crippen molar-refractivity contribution in [2.75, 3.05) is 0 Å². The number of hydrogen-bond acceptors (Lipinski definition) is 4. The summed E-state index contributed by atoms with van der Waals surface area (Å²) < 4.78 is 10.9.